The Bertz CT molecular complexity index is 444. The van der Waals surface area contributed by atoms with Crippen LogP contribution >= 0.6 is 0 Å². The fraction of sp³-hybridized carbons (Fsp3) is 0.917. The van der Waals surface area contributed by atoms with Crippen LogP contribution in [-0.2, 0) is 14.9 Å². The minimum atomic E-state index is -3.47. The van der Waals surface area contributed by atoms with E-state index in [0.29, 0.717) is 13.2 Å². The highest BCUT2D eigenvalue weighted by molar-refractivity contribution is 7.86. The molecule has 1 saturated heterocycles. The van der Waals surface area contributed by atoms with Crippen molar-refractivity contribution in [3.63, 3.8) is 0 Å². The summed E-state index contributed by atoms with van der Waals surface area (Å²) < 4.78 is 33.6. The molecular weight excluding hydrogens is 266 g/mol. The smallest absolute Gasteiger partial charge is 0.282 e. The van der Waals surface area contributed by atoms with Crippen molar-refractivity contribution < 1.29 is 13.2 Å². The molecule has 0 aromatic carbocycles. The van der Waals surface area contributed by atoms with Crippen LogP contribution in [0.1, 0.15) is 32.1 Å². The lowest BCUT2D eigenvalue weighted by Crippen LogP contribution is -2.57. The monoisotopic (exact) mass is 287 g/mol. The third-order valence-electron chi connectivity index (χ3n) is 3.91. The zero-order valence-corrected chi connectivity index (χ0v) is 12.1. The second kappa shape index (κ2) is 6.18. The molecule has 1 aliphatic carbocycles. The van der Waals surface area contributed by atoms with Crippen LogP contribution < -0.4 is 0 Å². The first-order chi connectivity index (χ1) is 9.07. The van der Waals surface area contributed by atoms with Gasteiger partial charge in [-0.1, -0.05) is 12.8 Å². The van der Waals surface area contributed by atoms with Gasteiger partial charge in [-0.2, -0.15) is 22.3 Å². The van der Waals surface area contributed by atoms with Crippen LogP contribution in [-0.4, -0.2) is 55.9 Å². The largest absolute Gasteiger partial charge is 0.375 e. The molecule has 0 spiro atoms. The summed E-state index contributed by atoms with van der Waals surface area (Å²) in [5, 5.41) is 8.57. The second-order valence-corrected chi connectivity index (χ2v) is 7.10. The van der Waals surface area contributed by atoms with Crippen molar-refractivity contribution in [2.45, 2.75) is 44.2 Å². The molecule has 0 bridgehead atoms. The average molecular weight is 287 g/mol. The third-order valence-corrected chi connectivity index (χ3v) is 5.93. The first kappa shape index (κ1) is 14.7. The molecule has 19 heavy (non-hydrogen) atoms. The van der Waals surface area contributed by atoms with Crippen molar-refractivity contribution in [3.8, 4) is 6.07 Å². The van der Waals surface area contributed by atoms with Crippen molar-refractivity contribution in [3.05, 3.63) is 0 Å². The number of fused-ring (bicyclic) bond motifs is 1. The highest BCUT2D eigenvalue weighted by atomic mass is 32.2. The maximum atomic E-state index is 12.5. The van der Waals surface area contributed by atoms with E-state index in [9.17, 15) is 8.42 Å². The lowest BCUT2D eigenvalue weighted by Gasteiger charge is -2.43. The first-order valence-corrected chi connectivity index (χ1v) is 8.18. The summed E-state index contributed by atoms with van der Waals surface area (Å²) in [7, 11) is -1.93. The molecule has 2 aliphatic rings. The molecular formula is C12H21N3O3S. The van der Waals surface area contributed by atoms with Crippen LogP contribution in [0, 0.1) is 11.3 Å². The van der Waals surface area contributed by atoms with Crippen molar-refractivity contribution in [1.29, 1.82) is 5.26 Å². The van der Waals surface area contributed by atoms with Gasteiger partial charge in [-0.15, -0.1) is 0 Å². The average Bonchev–Trinajstić information content (AvgIpc) is 2.43. The Labute approximate surface area is 115 Å². The third kappa shape index (κ3) is 3.08. The van der Waals surface area contributed by atoms with Gasteiger partial charge in [-0.3, -0.25) is 0 Å². The molecule has 2 rings (SSSR count). The van der Waals surface area contributed by atoms with Gasteiger partial charge in [-0.25, -0.2) is 0 Å². The summed E-state index contributed by atoms with van der Waals surface area (Å²) in [6.45, 7) is 1.13. The Balaban J connectivity index is 2.12. The Hall–Kier alpha value is -0.680. The molecule has 2 unspecified atom stereocenters. The van der Waals surface area contributed by atoms with E-state index in [2.05, 4.69) is 0 Å². The molecule has 0 radical (unpaired) electrons. The van der Waals surface area contributed by atoms with Crippen molar-refractivity contribution >= 4 is 10.2 Å². The summed E-state index contributed by atoms with van der Waals surface area (Å²) in [6, 6.07) is 1.95. The van der Waals surface area contributed by atoms with Crippen LogP contribution in [0.3, 0.4) is 0 Å². The zero-order valence-electron chi connectivity index (χ0n) is 11.3. The van der Waals surface area contributed by atoms with Gasteiger partial charge in [0.25, 0.3) is 10.2 Å². The molecule has 7 heteroatoms. The zero-order chi connectivity index (χ0) is 13.9. The Morgan fingerprint density at radius 2 is 2.16 bits per heavy atom. The van der Waals surface area contributed by atoms with Gasteiger partial charge in [0.1, 0.15) is 0 Å². The van der Waals surface area contributed by atoms with Gasteiger partial charge < -0.3 is 4.74 Å². The van der Waals surface area contributed by atoms with E-state index < -0.39 is 10.2 Å². The minimum Gasteiger partial charge on any atom is -0.375 e. The molecule has 108 valence electrons. The number of hydrogen-bond donors (Lipinski definition) is 0. The second-order valence-electron chi connectivity index (χ2n) is 5.11. The van der Waals surface area contributed by atoms with E-state index in [1.165, 1.54) is 4.31 Å². The van der Waals surface area contributed by atoms with Crippen LogP contribution in [0.25, 0.3) is 0 Å². The quantitative estimate of drug-likeness (QED) is 0.763. The number of nitrogens with zero attached hydrogens (tertiary/aromatic N) is 3. The van der Waals surface area contributed by atoms with Gasteiger partial charge in [0, 0.05) is 26.6 Å². The van der Waals surface area contributed by atoms with Gasteiger partial charge >= 0.3 is 0 Å². The Kier molecular flexibility index (Phi) is 4.79. The molecule has 2 fully saturated rings. The van der Waals surface area contributed by atoms with Crippen molar-refractivity contribution in [1.82, 2.24) is 8.61 Å². The minimum absolute atomic E-state index is 0.0305. The molecule has 2 atom stereocenters. The molecule has 1 saturated carbocycles. The van der Waals surface area contributed by atoms with E-state index in [0.717, 1.165) is 25.7 Å². The molecule has 0 aromatic heterocycles. The van der Waals surface area contributed by atoms with E-state index in [-0.39, 0.29) is 25.1 Å². The van der Waals surface area contributed by atoms with Crippen molar-refractivity contribution in [2.24, 2.45) is 0 Å². The molecule has 6 nitrogen and oxygen atoms in total. The van der Waals surface area contributed by atoms with E-state index in [1.807, 2.05) is 6.07 Å². The number of nitriles is 1. The predicted molar refractivity (Wildman–Crippen MR) is 70.5 cm³/mol. The Morgan fingerprint density at radius 1 is 1.42 bits per heavy atom. The number of hydrogen-bond acceptors (Lipinski definition) is 4. The summed E-state index contributed by atoms with van der Waals surface area (Å²) in [4.78, 5) is 0. The van der Waals surface area contributed by atoms with Crippen LogP contribution in [0.4, 0.5) is 0 Å². The number of rotatable bonds is 4. The highest BCUT2D eigenvalue weighted by Gasteiger charge is 2.41. The van der Waals surface area contributed by atoms with Crippen LogP contribution in [0.15, 0.2) is 0 Å². The maximum absolute atomic E-state index is 12.5. The standard InChI is InChI=1S/C12H21N3O3S/c1-14(8-4-7-13)19(16,17)15-9-10-18-12-6-3-2-5-11(12)15/h11-12H,2-6,8-10H2,1H3. The topological polar surface area (TPSA) is 73.6 Å². The summed E-state index contributed by atoms with van der Waals surface area (Å²) in [6.07, 6.45) is 4.24. The van der Waals surface area contributed by atoms with Crippen LogP contribution in [0.5, 0.6) is 0 Å². The molecule has 0 aromatic rings. The lowest BCUT2D eigenvalue weighted by atomic mass is 9.91. The van der Waals surface area contributed by atoms with Gasteiger partial charge in [-0.05, 0) is 12.8 Å². The predicted octanol–water partition coefficient (Wildman–Crippen LogP) is 0.720. The summed E-state index contributed by atoms with van der Waals surface area (Å²) in [5.41, 5.74) is 0. The van der Waals surface area contributed by atoms with Gasteiger partial charge in [0.2, 0.25) is 0 Å². The fourth-order valence-electron chi connectivity index (χ4n) is 2.85. The molecule has 1 heterocycles. The first-order valence-electron chi connectivity index (χ1n) is 6.79. The lowest BCUT2D eigenvalue weighted by molar-refractivity contribution is -0.0600. The molecule has 0 N–H and O–H groups in total. The molecule has 0 amide bonds. The number of morpholine rings is 1. The van der Waals surface area contributed by atoms with E-state index in [1.54, 1.807) is 11.4 Å². The maximum Gasteiger partial charge on any atom is 0.282 e. The van der Waals surface area contributed by atoms with Crippen LogP contribution in [0.2, 0.25) is 0 Å². The highest BCUT2D eigenvalue weighted by Crippen LogP contribution is 2.30. The van der Waals surface area contributed by atoms with Gasteiger partial charge in [0.05, 0.1) is 24.8 Å². The Morgan fingerprint density at radius 3 is 2.89 bits per heavy atom. The fourth-order valence-corrected chi connectivity index (χ4v) is 4.42. The van der Waals surface area contributed by atoms with Crippen molar-refractivity contribution in [2.75, 3.05) is 26.7 Å². The van der Waals surface area contributed by atoms with Gasteiger partial charge in [0.15, 0.2) is 0 Å². The SMILES string of the molecule is CN(CCC#N)S(=O)(=O)N1CCOC2CCCCC21. The van der Waals surface area contributed by atoms with E-state index >= 15 is 0 Å². The number of ether oxygens (including phenoxy) is 1. The molecule has 1 aliphatic heterocycles. The summed E-state index contributed by atoms with van der Waals surface area (Å²) in [5.74, 6) is 0. The normalized spacial score (nSPS) is 28.9. The van der Waals surface area contributed by atoms with E-state index in [4.69, 9.17) is 10.00 Å². The summed E-state index contributed by atoms with van der Waals surface area (Å²) >= 11 is 0.